The van der Waals surface area contributed by atoms with Crippen molar-refractivity contribution in [3.8, 4) is 11.5 Å². The Bertz CT molecular complexity index is 1630. The highest BCUT2D eigenvalue weighted by molar-refractivity contribution is 6.30. The van der Waals surface area contributed by atoms with E-state index in [9.17, 15) is 34.8 Å². The number of ketones is 3. The second kappa shape index (κ2) is 11.5. The number of phenols is 2. The zero-order chi connectivity index (χ0) is 31.3. The largest absolute Gasteiger partial charge is 0.507 e. The van der Waals surface area contributed by atoms with Gasteiger partial charge in [0.2, 0.25) is 0 Å². The fourth-order valence-electron chi connectivity index (χ4n) is 6.53. The Morgan fingerprint density at radius 2 is 1.61 bits per heavy atom. The van der Waals surface area contributed by atoms with Gasteiger partial charge in [-0.1, -0.05) is 54.6 Å². The van der Waals surface area contributed by atoms with Crippen molar-refractivity contribution < 1.29 is 49.0 Å². The van der Waals surface area contributed by atoms with Gasteiger partial charge in [-0.15, -0.1) is 0 Å². The van der Waals surface area contributed by atoms with Crippen molar-refractivity contribution >= 4 is 17.3 Å². The molecule has 1 heterocycles. The van der Waals surface area contributed by atoms with Gasteiger partial charge in [-0.25, -0.2) is 0 Å². The number of fused-ring (bicyclic) bond motifs is 3. The van der Waals surface area contributed by atoms with E-state index >= 15 is 0 Å². The summed E-state index contributed by atoms with van der Waals surface area (Å²) in [7, 11) is 0. The quantitative estimate of drug-likeness (QED) is 0.195. The second-order valence-corrected chi connectivity index (χ2v) is 11.6. The molecular weight excluding hydrogens is 570 g/mol. The predicted molar refractivity (Wildman–Crippen MR) is 154 cm³/mol. The maximum atomic E-state index is 13.5. The van der Waals surface area contributed by atoms with Gasteiger partial charge in [0.15, 0.2) is 23.6 Å². The van der Waals surface area contributed by atoms with E-state index in [2.05, 4.69) is 0 Å². The lowest BCUT2D eigenvalue weighted by Crippen LogP contribution is -2.54. The highest BCUT2D eigenvalue weighted by Gasteiger charge is 2.50. The topological polar surface area (TPSA) is 186 Å². The number of Topliss-reactive ketones (excluding diaryl/α,β-unsaturated/α-hetero) is 1. The number of rotatable bonds is 7. The molecule has 1 saturated heterocycles. The van der Waals surface area contributed by atoms with Gasteiger partial charge in [0, 0.05) is 47.6 Å². The summed E-state index contributed by atoms with van der Waals surface area (Å²) in [5.41, 5.74) is 4.34. The molecule has 3 aromatic rings. The zero-order valence-electron chi connectivity index (χ0n) is 23.9. The molecule has 2 aliphatic carbocycles. The van der Waals surface area contributed by atoms with E-state index in [1.807, 2.05) is 30.3 Å². The van der Waals surface area contributed by atoms with E-state index in [4.69, 9.17) is 19.9 Å². The molecule has 11 heteroatoms. The Labute approximate surface area is 252 Å². The number of benzene rings is 3. The van der Waals surface area contributed by atoms with Crippen LogP contribution in [0.15, 0.2) is 54.6 Å². The normalized spacial score (nSPS) is 27.8. The average Bonchev–Trinajstić information content (AvgIpc) is 3.01. The summed E-state index contributed by atoms with van der Waals surface area (Å²) in [5, 5.41) is 44.0. The number of hydrogen-bond donors (Lipinski definition) is 5. The maximum absolute atomic E-state index is 13.5. The van der Waals surface area contributed by atoms with Crippen LogP contribution in [0.25, 0.3) is 0 Å². The van der Waals surface area contributed by atoms with Crippen LogP contribution in [0.1, 0.15) is 74.4 Å². The highest BCUT2D eigenvalue weighted by atomic mass is 16.7. The molecule has 230 valence electrons. The highest BCUT2D eigenvalue weighted by Crippen LogP contribution is 2.52. The fraction of sp³-hybridized carbons (Fsp3) is 0.364. The standard InChI is InChI=1S/C33H33NO10/c1-16-32(42-15-17-7-3-2-4-8-17)21(34)11-24(43-16)44-22-13-33(41,23(36)14-35)12-20-25(22)31(40)27-26(30(20)39)28(37)18-9-5-6-10-19(18)29(27)38/h2-10,16,21-22,24,32,35,39-41H,11-15,34H2,1H3/t16?,21?,22-,24?,32?,33-/m0/s1. The molecule has 0 amide bonds. The predicted octanol–water partition coefficient (Wildman–Crippen LogP) is 2.22. The minimum atomic E-state index is -2.21. The third kappa shape index (κ3) is 5.01. The van der Waals surface area contributed by atoms with Gasteiger partial charge in [0.1, 0.15) is 23.7 Å². The number of aliphatic hydroxyl groups excluding tert-OH is 1. The molecule has 1 aliphatic heterocycles. The van der Waals surface area contributed by atoms with E-state index < -0.39 is 90.1 Å². The first-order valence-electron chi connectivity index (χ1n) is 14.4. The van der Waals surface area contributed by atoms with Crippen molar-refractivity contribution in [1.29, 1.82) is 0 Å². The van der Waals surface area contributed by atoms with Crippen LogP contribution in [0.2, 0.25) is 0 Å². The third-order valence-electron chi connectivity index (χ3n) is 8.75. The van der Waals surface area contributed by atoms with E-state index in [1.165, 1.54) is 12.1 Å². The van der Waals surface area contributed by atoms with E-state index in [0.717, 1.165) is 5.56 Å². The minimum Gasteiger partial charge on any atom is -0.507 e. The van der Waals surface area contributed by atoms with Gasteiger partial charge in [-0.3, -0.25) is 14.4 Å². The molecule has 0 radical (unpaired) electrons. The fourth-order valence-corrected chi connectivity index (χ4v) is 6.53. The number of carbonyl (C=O) groups is 3. The van der Waals surface area contributed by atoms with Crippen LogP contribution in [0, 0.1) is 0 Å². The molecule has 0 bridgehead atoms. The number of carbonyl (C=O) groups excluding carboxylic acids is 3. The number of phenolic OH excluding ortho intramolecular Hbond substituents is 2. The molecule has 4 unspecified atom stereocenters. The van der Waals surface area contributed by atoms with Gasteiger partial charge in [-0.2, -0.15) is 0 Å². The van der Waals surface area contributed by atoms with Crippen molar-refractivity contribution in [2.75, 3.05) is 6.61 Å². The summed E-state index contributed by atoms with van der Waals surface area (Å²) in [6.07, 6.45) is -4.11. The van der Waals surface area contributed by atoms with E-state index in [-0.39, 0.29) is 34.2 Å². The Hall–Kier alpha value is -3.97. The van der Waals surface area contributed by atoms with Crippen molar-refractivity contribution in [3.05, 3.63) is 93.5 Å². The lowest BCUT2D eigenvalue weighted by molar-refractivity contribution is -0.254. The minimum absolute atomic E-state index is 0.0487. The molecule has 1 fully saturated rings. The van der Waals surface area contributed by atoms with Gasteiger partial charge in [-0.05, 0) is 12.5 Å². The van der Waals surface area contributed by atoms with Crippen LogP contribution in [0.5, 0.6) is 11.5 Å². The average molecular weight is 604 g/mol. The van der Waals surface area contributed by atoms with Crippen LogP contribution in [0.3, 0.4) is 0 Å². The number of hydrogen-bond acceptors (Lipinski definition) is 11. The van der Waals surface area contributed by atoms with Crippen LogP contribution >= 0.6 is 0 Å². The van der Waals surface area contributed by atoms with E-state index in [0.29, 0.717) is 6.61 Å². The molecule has 3 aliphatic rings. The molecule has 6 atom stereocenters. The summed E-state index contributed by atoms with van der Waals surface area (Å²) in [4.78, 5) is 39.7. The molecule has 11 nitrogen and oxygen atoms in total. The maximum Gasteiger partial charge on any atom is 0.198 e. The van der Waals surface area contributed by atoms with Crippen LogP contribution in [0.4, 0.5) is 0 Å². The van der Waals surface area contributed by atoms with Gasteiger partial charge >= 0.3 is 0 Å². The van der Waals surface area contributed by atoms with Crippen molar-refractivity contribution in [1.82, 2.24) is 0 Å². The first-order chi connectivity index (χ1) is 21.0. The molecule has 6 N–H and O–H groups in total. The van der Waals surface area contributed by atoms with Crippen LogP contribution in [-0.4, -0.2) is 74.5 Å². The number of ether oxygens (including phenoxy) is 3. The molecule has 3 aromatic carbocycles. The van der Waals surface area contributed by atoms with Crippen molar-refractivity contribution in [3.63, 3.8) is 0 Å². The summed E-state index contributed by atoms with van der Waals surface area (Å²) in [6.45, 7) is 1.09. The number of aromatic hydroxyl groups is 2. The molecule has 0 aromatic heterocycles. The van der Waals surface area contributed by atoms with Gasteiger partial charge in [0.05, 0.1) is 36.0 Å². The zero-order valence-corrected chi connectivity index (χ0v) is 23.9. The molecule has 0 spiro atoms. The Morgan fingerprint density at radius 3 is 2.23 bits per heavy atom. The SMILES string of the molecule is CC1OC(O[C@H]2C[C@](O)(C(=O)CO)Cc3c(O)c4c(c(O)c32)C(=O)c2ccccc2C4=O)CC(N)C1OCc1ccccc1. The summed E-state index contributed by atoms with van der Waals surface area (Å²) in [5.74, 6) is -3.55. The lowest BCUT2D eigenvalue weighted by Gasteiger charge is -2.43. The van der Waals surface area contributed by atoms with Gasteiger partial charge in [0.25, 0.3) is 0 Å². The monoisotopic (exact) mass is 603 g/mol. The summed E-state index contributed by atoms with van der Waals surface area (Å²) in [6, 6.07) is 15.1. The molecule has 44 heavy (non-hydrogen) atoms. The smallest absolute Gasteiger partial charge is 0.198 e. The molecule has 6 rings (SSSR count). The van der Waals surface area contributed by atoms with Gasteiger partial charge < -0.3 is 40.4 Å². The van der Waals surface area contributed by atoms with Crippen LogP contribution in [-0.2, 0) is 32.0 Å². The molecular formula is C33H33NO10. The summed E-state index contributed by atoms with van der Waals surface area (Å²) >= 11 is 0. The van der Waals surface area contributed by atoms with E-state index in [1.54, 1.807) is 19.1 Å². The lowest BCUT2D eigenvalue weighted by atomic mass is 9.72. The first kappa shape index (κ1) is 30.1. The Balaban J connectivity index is 1.34. The summed E-state index contributed by atoms with van der Waals surface area (Å²) < 4.78 is 18.4. The molecule has 0 saturated carbocycles. The first-order valence-corrected chi connectivity index (χ1v) is 14.4. The third-order valence-corrected chi connectivity index (χ3v) is 8.75. The van der Waals surface area contributed by atoms with Crippen molar-refractivity contribution in [2.24, 2.45) is 5.73 Å². The Morgan fingerprint density at radius 1 is 1.00 bits per heavy atom. The second-order valence-electron chi connectivity index (χ2n) is 11.6. The van der Waals surface area contributed by atoms with Crippen molar-refractivity contribution in [2.45, 2.75) is 69.0 Å². The van der Waals surface area contributed by atoms with Crippen LogP contribution < -0.4 is 5.73 Å². The number of nitrogens with two attached hydrogens (primary N) is 1. The number of aliphatic hydroxyl groups is 2. The Kier molecular flexibility index (Phi) is 7.87.